The number of nitrogens with one attached hydrogen (secondary N) is 1. The minimum atomic E-state index is -4.49. The summed E-state index contributed by atoms with van der Waals surface area (Å²) in [6.45, 7) is 2.29. The first-order chi connectivity index (χ1) is 18.9. The molecule has 3 aromatic rings. The van der Waals surface area contributed by atoms with Gasteiger partial charge in [0.1, 0.15) is 18.3 Å². The first-order valence-corrected chi connectivity index (χ1v) is 13.9. The second kappa shape index (κ2) is 12.8. The number of nitrogens with zero attached hydrogens (tertiary/aromatic N) is 3. The van der Waals surface area contributed by atoms with Crippen LogP contribution in [-0.4, -0.2) is 56.8 Å². The Labute approximate surface area is 237 Å². The van der Waals surface area contributed by atoms with Gasteiger partial charge in [-0.2, -0.15) is 0 Å². The molecule has 40 heavy (non-hydrogen) atoms. The van der Waals surface area contributed by atoms with Crippen LogP contribution in [0.2, 0.25) is 5.02 Å². The Bertz CT molecular complexity index is 1510. The molecule has 0 spiro atoms. The van der Waals surface area contributed by atoms with Gasteiger partial charge in [-0.25, -0.2) is 8.42 Å². The highest BCUT2D eigenvalue weighted by atomic mass is 35.5. The van der Waals surface area contributed by atoms with Crippen LogP contribution in [0, 0.1) is 17.0 Å². The van der Waals surface area contributed by atoms with E-state index in [9.17, 15) is 28.1 Å². The van der Waals surface area contributed by atoms with Crippen LogP contribution in [0.3, 0.4) is 0 Å². The van der Waals surface area contributed by atoms with Crippen LogP contribution in [0.5, 0.6) is 5.75 Å². The zero-order chi connectivity index (χ0) is 29.6. The number of methoxy groups -OCH3 is 1. The van der Waals surface area contributed by atoms with Gasteiger partial charge in [-0.15, -0.1) is 0 Å². The lowest BCUT2D eigenvalue weighted by Crippen LogP contribution is -2.50. The minimum absolute atomic E-state index is 0.0273. The van der Waals surface area contributed by atoms with Gasteiger partial charge in [-0.1, -0.05) is 29.8 Å². The quantitative estimate of drug-likeness (QED) is 0.264. The summed E-state index contributed by atoms with van der Waals surface area (Å²) in [5.74, 6) is -0.685. The molecule has 0 aliphatic heterocycles. The molecule has 0 aromatic heterocycles. The molecule has 3 rings (SSSR count). The highest BCUT2D eigenvalue weighted by Crippen LogP contribution is 2.29. The fraction of sp³-hybridized carbons (Fsp3) is 0.259. The number of sulfonamides is 1. The van der Waals surface area contributed by atoms with E-state index in [4.69, 9.17) is 16.3 Å². The van der Waals surface area contributed by atoms with E-state index in [1.807, 2.05) is 0 Å². The van der Waals surface area contributed by atoms with Crippen LogP contribution < -0.4 is 14.4 Å². The summed E-state index contributed by atoms with van der Waals surface area (Å²) in [6.07, 6.45) is 0. The Morgan fingerprint density at radius 3 is 2.35 bits per heavy atom. The largest absolute Gasteiger partial charge is 0.497 e. The summed E-state index contributed by atoms with van der Waals surface area (Å²) in [4.78, 5) is 38.1. The van der Waals surface area contributed by atoms with Gasteiger partial charge < -0.3 is 15.0 Å². The van der Waals surface area contributed by atoms with E-state index in [0.717, 1.165) is 10.4 Å². The molecule has 0 fully saturated rings. The number of rotatable bonds is 11. The van der Waals surface area contributed by atoms with Gasteiger partial charge in [0.2, 0.25) is 11.8 Å². The highest BCUT2D eigenvalue weighted by Gasteiger charge is 2.33. The number of nitro benzene ring substituents is 1. The molecule has 0 saturated heterocycles. The normalized spacial score (nSPS) is 11.8. The lowest BCUT2D eigenvalue weighted by Gasteiger charge is -2.31. The SMILES string of the molecule is CNC(=O)[C@@H](C)N(Cc1cccc(Cl)c1)C(=O)CN(c1ccc(OC)cc1)S(=O)(=O)c1ccc(C)c([N+](=O)[O-])c1. The number of benzene rings is 3. The molecule has 0 aliphatic carbocycles. The Kier molecular flexibility index (Phi) is 9.72. The Hall–Kier alpha value is -4.16. The van der Waals surface area contributed by atoms with Crippen LogP contribution in [0.1, 0.15) is 18.1 Å². The molecule has 0 radical (unpaired) electrons. The highest BCUT2D eigenvalue weighted by molar-refractivity contribution is 7.92. The molecule has 0 heterocycles. The number of hydrogen-bond acceptors (Lipinski definition) is 7. The number of aryl methyl sites for hydroxylation is 1. The number of nitro groups is 1. The van der Waals surface area contributed by atoms with E-state index in [2.05, 4.69) is 5.32 Å². The van der Waals surface area contributed by atoms with E-state index < -0.39 is 39.3 Å². The van der Waals surface area contributed by atoms with Crippen LogP contribution in [0.4, 0.5) is 11.4 Å². The van der Waals surface area contributed by atoms with Crippen molar-refractivity contribution in [3.05, 3.63) is 93.0 Å². The fourth-order valence-electron chi connectivity index (χ4n) is 3.97. The van der Waals surface area contributed by atoms with Crippen molar-refractivity contribution in [2.24, 2.45) is 0 Å². The molecule has 212 valence electrons. The van der Waals surface area contributed by atoms with Gasteiger partial charge in [0.15, 0.2) is 0 Å². The van der Waals surface area contributed by atoms with E-state index in [0.29, 0.717) is 16.3 Å². The molecule has 13 heteroatoms. The fourth-order valence-corrected chi connectivity index (χ4v) is 5.62. The van der Waals surface area contributed by atoms with Crippen molar-refractivity contribution in [2.45, 2.75) is 31.3 Å². The second-order valence-electron chi connectivity index (χ2n) is 8.86. The van der Waals surface area contributed by atoms with Crippen LogP contribution in [-0.2, 0) is 26.2 Å². The molecule has 0 bridgehead atoms. The Morgan fingerprint density at radius 1 is 1.10 bits per heavy atom. The van der Waals surface area contributed by atoms with Crippen LogP contribution >= 0.6 is 11.6 Å². The summed E-state index contributed by atoms with van der Waals surface area (Å²) < 4.78 is 33.8. The third-order valence-electron chi connectivity index (χ3n) is 6.26. The molecule has 1 atom stereocenters. The lowest BCUT2D eigenvalue weighted by molar-refractivity contribution is -0.385. The Balaban J connectivity index is 2.09. The summed E-state index contributed by atoms with van der Waals surface area (Å²) in [7, 11) is -1.61. The summed E-state index contributed by atoms with van der Waals surface area (Å²) in [6, 6.07) is 15.3. The smallest absolute Gasteiger partial charge is 0.273 e. The number of halogens is 1. The van der Waals surface area contributed by atoms with Gasteiger partial charge in [0, 0.05) is 30.2 Å². The summed E-state index contributed by atoms with van der Waals surface area (Å²) >= 11 is 6.11. The van der Waals surface area contributed by atoms with Crippen molar-refractivity contribution in [3.8, 4) is 5.75 Å². The zero-order valence-corrected chi connectivity index (χ0v) is 23.9. The molecule has 0 unspecified atom stereocenters. The number of carbonyl (C=O) groups is 2. The summed E-state index contributed by atoms with van der Waals surface area (Å²) in [5.41, 5.74) is 0.651. The zero-order valence-electron chi connectivity index (χ0n) is 22.3. The maximum atomic E-state index is 13.9. The topological polar surface area (TPSA) is 139 Å². The van der Waals surface area contributed by atoms with Crippen molar-refractivity contribution >= 4 is 44.8 Å². The molecular weight excluding hydrogens is 560 g/mol. The summed E-state index contributed by atoms with van der Waals surface area (Å²) in [5, 5.41) is 14.5. The predicted octanol–water partition coefficient (Wildman–Crippen LogP) is 3.92. The molecule has 0 aliphatic rings. The number of carbonyl (C=O) groups excluding carboxylic acids is 2. The van der Waals surface area contributed by atoms with Gasteiger partial charge in [0.05, 0.1) is 22.6 Å². The number of likely N-dealkylation sites (N-methyl/N-ethyl adjacent to an activating group) is 1. The predicted molar refractivity (Wildman–Crippen MR) is 151 cm³/mol. The third kappa shape index (κ3) is 6.88. The second-order valence-corrected chi connectivity index (χ2v) is 11.2. The van der Waals surface area contributed by atoms with Crippen LogP contribution in [0.15, 0.2) is 71.6 Å². The van der Waals surface area contributed by atoms with Crippen LogP contribution in [0.25, 0.3) is 0 Å². The number of amides is 2. The molecular formula is C27H29ClN4O7S. The van der Waals surface area contributed by atoms with Gasteiger partial charge in [0.25, 0.3) is 15.7 Å². The molecule has 3 aromatic carbocycles. The lowest BCUT2D eigenvalue weighted by atomic mass is 10.1. The standard InChI is InChI=1S/C27H29ClN4O7S/c1-18-8-13-24(15-25(18)32(35)36)40(37,38)31(22-9-11-23(39-4)12-10-22)17-26(33)30(19(2)27(34)29-3)16-20-6-5-7-21(28)14-20/h5-15,19H,16-17H2,1-4H3,(H,29,34)/t19-/m1/s1. The average Bonchev–Trinajstić information content (AvgIpc) is 2.93. The average molecular weight is 589 g/mol. The monoisotopic (exact) mass is 588 g/mol. The maximum absolute atomic E-state index is 13.9. The first kappa shape index (κ1) is 30.4. The maximum Gasteiger partial charge on any atom is 0.273 e. The number of hydrogen-bond donors (Lipinski definition) is 1. The molecule has 0 saturated carbocycles. The molecule has 11 nitrogen and oxygen atoms in total. The van der Waals surface area contributed by atoms with E-state index in [1.165, 1.54) is 69.3 Å². The van der Waals surface area contributed by atoms with Crippen molar-refractivity contribution in [1.82, 2.24) is 10.2 Å². The van der Waals surface area contributed by atoms with Crippen molar-refractivity contribution in [2.75, 3.05) is 25.0 Å². The van der Waals surface area contributed by atoms with Gasteiger partial charge >= 0.3 is 0 Å². The van der Waals surface area contributed by atoms with E-state index in [-0.39, 0.29) is 28.4 Å². The minimum Gasteiger partial charge on any atom is -0.497 e. The molecule has 1 N–H and O–H groups in total. The third-order valence-corrected chi connectivity index (χ3v) is 8.27. The van der Waals surface area contributed by atoms with E-state index in [1.54, 1.807) is 24.3 Å². The van der Waals surface area contributed by atoms with Crippen molar-refractivity contribution < 1.29 is 27.7 Å². The molecule has 2 amide bonds. The number of ether oxygens (including phenoxy) is 1. The van der Waals surface area contributed by atoms with Gasteiger partial charge in [-0.05, 0) is 61.9 Å². The van der Waals surface area contributed by atoms with Crippen molar-refractivity contribution in [1.29, 1.82) is 0 Å². The van der Waals surface area contributed by atoms with Gasteiger partial charge in [-0.3, -0.25) is 24.0 Å². The number of anilines is 1. The van der Waals surface area contributed by atoms with E-state index >= 15 is 0 Å². The van der Waals surface area contributed by atoms with Crippen molar-refractivity contribution in [3.63, 3.8) is 0 Å². The Morgan fingerprint density at radius 2 is 1.77 bits per heavy atom. The first-order valence-electron chi connectivity index (χ1n) is 12.1.